The summed E-state index contributed by atoms with van der Waals surface area (Å²) in [6.45, 7) is 1.93. The van der Waals surface area contributed by atoms with E-state index in [9.17, 15) is 18.0 Å². The monoisotopic (exact) mass is 395 g/mol. The Kier molecular flexibility index (Phi) is 5.59. The van der Waals surface area contributed by atoms with E-state index in [0.717, 1.165) is 5.56 Å². The number of aryl methyl sites for hydroxylation is 1. The van der Waals surface area contributed by atoms with Gasteiger partial charge < -0.3 is 20.7 Å². The first kappa shape index (κ1) is 19.5. The third-order valence-corrected chi connectivity index (χ3v) is 7.37. The highest BCUT2D eigenvalue weighted by atomic mass is 32.2. The zero-order valence-corrected chi connectivity index (χ0v) is 16.3. The van der Waals surface area contributed by atoms with Crippen molar-refractivity contribution in [3.63, 3.8) is 0 Å². The molecular weight excluding hydrogens is 370 g/mol. The molecule has 0 saturated carbocycles. The fraction of sp³-hybridized carbons (Fsp3) is 0.556. The number of anilines is 1. The lowest BCUT2D eigenvalue weighted by molar-refractivity contribution is -0.116. The van der Waals surface area contributed by atoms with Crippen LogP contribution in [0, 0.1) is 6.92 Å². The molecule has 3 atom stereocenters. The first-order valence-corrected chi connectivity index (χ1v) is 10.7. The lowest BCUT2D eigenvalue weighted by atomic mass is 10.0. The van der Waals surface area contributed by atoms with Gasteiger partial charge in [0, 0.05) is 6.42 Å². The van der Waals surface area contributed by atoms with Crippen molar-refractivity contribution in [1.82, 2.24) is 10.6 Å². The number of benzene rings is 1. The summed E-state index contributed by atoms with van der Waals surface area (Å²) < 4.78 is 29.8. The highest BCUT2D eigenvalue weighted by Crippen LogP contribution is 2.29. The number of unbranched alkanes of at least 4 members (excludes halogenated alkanes) is 1. The van der Waals surface area contributed by atoms with E-state index in [1.165, 1.54) is 0 Å². The molecule has 3 amide bonds. The predicted octanol–water partition coefficient (Wildman–Crippen LogP) is 1.35. The van der Waals surface area contributed by atoms with Crippen LogP contribution in [0.3, 0.4) is 0 Å². The SMILES string of the molecule is COc1ccc(C)cc1NC(=O)CCCC[C@@H]1[C@@H]2NC(=O)N[C@@H]2CS1(=O)=O. The lowest BCUT2D eigenvalue weighted by Gasteiger charge is -2.16. The Morgan fingerprint density at radius 3 is 2.81 bits per heavy atom. The van der Waals surface area contributed by atoms with Gasteiger partial charge in [0.05, 0.1) is 35.9 Å². The number of ether oxygens (including phenoxy) is 1. The van der Waals surface area contributed by atoms with Gasteiger partial charge in [-0.05, 0) is 37.5 Å². The van der Waals surface area contributed by atoms with Crippen LogP contribution in [0.15, 0.2) is 18.2 Å². The maximum absolute atomic E-state index is 12.3. The van der Waals surface area contributed by atoms with Crippen LogP contribution in [0.5, 0.6) is 5.75 Å². The Bertz CT molecular complexity index is 839. The fourth-order valence-electron chi connectivity index (χ4n) is 3.77. The lowest BCUT2D eigenvalue weighted by Crippen LogP contribution is -2.39. The molecule has 1 aromatic rings. The van der Waals surface area contributed by atoms with E-state index < -0.39 is 15.1 Å². The van der Waals surface area contributed by atoms with E-state index in [1.54, 1.807) is 13.2 Å². The molecule has 0 unspecified atom stereocenters. The van der Waals surface area contributed by atoms with E-state index in [-0.39, 0.29) is 29.8 Å². The number of methoxy groups -OCH3 is 1. The van der Waals surface area contributed by atoms with Gasteiger partial charge in [-0.2, -0.15) is 0 Å². The summed E-state index contributed by atoms with van der Waals surface area (Å²) in [5.41, 5.74) is 1.64. The van der Waals surface area contributed by atoms with Crippen molar-refractivity contribution in [2.24, 2.45) is 0 Å². The fourth-order valence-corrected chi connectivity index (χ4v) is 6.04. The van der Waals surface area contributed by atoms with Gasteiger partial charge in [0.1, 0.15) is 5.75 Å². The molecule has 2 fully saturated rings. The van der Waals surface area contributed by atoms with Crippen molar-refractivity contribution in [1.29, 1.82) is 0 Å². The topological polar surface area (TPSA) is 114 Å². The number of amides is 3. The highest BCUT2D eigenvalue weighted by molar-refractivity contribution is 7.92. The summed E-state index contributed by atoms with van der Waals surface area (Å²) >= 11 is 0. The zero-order valence-electron chi connectivity index (χ0n) is 15.4. The van der Waals surface area contributed by atoms with Gasteiger partial charge >= 0.3 is 6.03 Å². The van der Waals surface area contributed by atoms with E-state index >= 15 is 0 Å². The van der Waals surface area contributed by atoms with Crippen LogP contribution in [0.2, 0.25) is 0 Å². The maximum atomic E-state index is 12.3. The van der Waals surface area contributed by atoms with Crippen molar-refractivity contribution in [2.45, 2.75) is 49.9 Å². The number of hydrogen-bond donors (Lipinski definition) is 3. The van der Waals surface area contributed by atoms with Gasteiger partial charge in [-0.25, -0.2) is 13.2 Å². The van der Waals surface area contributed by atoms with Crippen LogP contribution in [-0.4, -0.2) is 50.6 Å². The van der Waals surface area contributed by atoms with Crippen molar-refractivity contribution >= 4 is 27.5 Å². The minimum atomic E-state index is -3.23. The molecule has 2 saturated heterocycles. The summed E-state index contributed by atoms with van der Waals surface area (Å²) in [5.74, 6) is 0.442. The molecule has 0 radical (unpaired) electrons. The molecule has 2 aliphatic heterocycles. The Hall–Kier alpha value is -2.29. The molecular formula is C18H25N3O5S. The summed E-state index contributed by atoms with van der Waals surface area (Å²) in [4.78, 5) is 23.6. The molecule has 2 aliphatic rings. The van der Waals surface area contributed by atoms with Crippen LogP contribution < -0.4 is 20.7 Å². The number of fused-ring (bicyclic) bond motifs is 1. The van der Waals surface area contributed by atoms with Crippen LogP contribution in [0.1, 0.15) is 31.2 Å². The number of carbonyl (C=O) groups excluding carboxylic acids is 2. The zero-order chi connectivity index (χ0) is 19.6. The van der Waals surface area contributed by atoms with Gasteiger partial charge in [0.15, 0.2) is 9.84 Å². The standard InChI is InChI=1S/C18H25N3O5S/c1-11-7-8-14(26-2)12(9-11)19-16(22)6-4-3-5-15-17-13(10-27(15,24)25)20-18(23)21-17/h7-9,13,15,17H,3-6,10H2,1-2H3,(H,19,22)(H2,20,21,23)/t13-,15-,17-/m1/s1. The Morgan fingerprint density at radius 2 is 2.07 bits per heavy atom. The molecule has 0 aliphatic carbocycles. The Labute approximate surface area is 159 Å². The van der Waals surface area contributed by atoms with Crippen LogP contribution in [-0.2, 0) is 14.6 Å². The molecule has 0 aromatic heterocycles. The van der Waals surface area contributed by atoms with Gasteiger partial charge in [-0.1, -0.05) is 12.5 Å². The summed E-state index contributed by atoms with van der Waals surface area (Å²) in [6.07, 6.45) is 1.90. The molecule has 2 heterocycles. The average Bonchev–Trinajstić information content (AvgIpc) is 3.03. The number of nitrogens with one attached hydrogen (secondary N) is 3. The molecule has 8 nitrogen and oxygen atoms in total. The minimum absolute atomic E-state index is 0.0191. The number of carbonyl (C=O) groups is 2. The van der Waals surface area contributed by atoms with Crippen molar-refractivity contribution in [3.8, 4) is 5.75 Å². The quantitative estimate of drug-likeness (QED) is 0.476. The first-order chi connectivity index (χ1) is 12.8. The second-order valence-corrected chi connectivity index (χ2v) is 9.38. The summed E-state index contributed by atoms with van der Waals surface area (Å²) in [5, 5.41) is 7.61. The largest absolute Gasteiger partial charge is 0.495 e. The van der Waals surface area contributed by atoms with E-state index in [0.29, 0.717) is 37.1 Å². The van der Waals surface area contributed by atoms with Crippen LogP contribution in [0.25, 0.3) is 0 Å². The summed E-state index contributed by atoms with van der Waals surface area (Å²) in [6, 6.07) is 4.53. The summed E-state index contributed by atoms with van der Waals surface area (Å²) in [7, 11) is -1.68. The van der Waals surface area contributed by atoms with Crippen molar-refractivity contribution < 1.29 is 22.7 Å². The van der Waals surface area contributed by atoms with Gasteiger partial charge in [0.25, 0.3) is 0 Å². The Balaban J connectivity index is 1.48. The maximum Gasteiger partial charge on any atom is 0.315 e. The molecule has 3 N–H and O–H groups in total. The molecule has 0 spiro atoms. The van der Waals surface area contributed by atoms with Crippen LogP contribution >= 0.6 is 0 Å². The minimum Gasteiger partial charge on any atom is -0.495 e. The molecule has 148 valence electrons. The highest BCUT2D eigenvalue weighted by Gasteiger charge is 2.51. The number of hydrogen-bond acceptors (Lipinski definition) is 5. The second-order valence-electron chi connectivity index (χ2n) is 7.12. The van der Waals surface area contributed by atoms with Gasteiger partial charge in [0.2, 0.25) is 5.91 Å². The van der Waals surface area contributed by atoms with Gasteiger partial charge in [-0.3, -0.25) is 4.79 Å². The first-order valence-electron chi connectivity index (χ1n) is 9.03. The molecule has 9 heteroatoms. The van der Waals surface area contributed by atoms with Crippen molar-refractivity contribution in [2.75, 3.05) is 18.2 Å². The molecule has 3 rings (SSSR count). The molecule has 1 aromatic carbocycles. The van der Waals surface area contributed by atoms with Crippen LogP contribution in [0.4, 0.5) is 10.5 Å². The predicted molar refractivity (Wildman–Crippen MR) is 102 cm³/mol. The number of sulfone groups is 1. The smallest absolute Gasteiger partial charge is 0.315 e. The van der Waals surface area contributed by atoms with Gasteiger partial charge in [-0.15, -0.1) is 0 Å². The second kappa shape index (κ2) is 7.75. The Morgan fingerprint density at radius 1 is 1.30 bits per heavy atom. The van der Waals surface area contributed by atoms with E-state index in [4.69, 9.17) is 4.74 Å². The van der Waals surface area contributed by atoms with E-state index in [2.05, 4.69) is 16.0 Å². The number of urea groups is 1. The number of rotatable bonds is 7. The normalized spacial score (nSPS) is 25.4. The average molecular weight is 395 g/mol. The molecule has 27 heavy (non-hydrogen) atoms. The third kappa shape index (κ3) is 4.35. The third-order valence-electron chi connectivity index (χ3n) is 5.09. The van der Waals surface area contributed by atoms with E-state index in [1.807, 2.05) is 19.1 Å². The molecule has 0 bridgehead atoms. The van der Waals surface area contributed by atoms with Crippen molar-refractivity contribution in [3.05, 3.63) is 23.8 Å².